The molecule has 3 aromatic rings. The van der Waals surface area contributed by atoms with E-state index in [4.69, 9.17) is 16.3 Å². The topological polar surface area (TPSA) is 80.8 Å². The summed E-state index contributed by atoms with van der Waals surface area (Å²) in [5.41, 5.74) is -0.705. The van der Waals surface area contributed by atoms with E-state index in [0.29, 0.717) is 16.3 Å². The Morgan fingerprint density at radius 3 is 1.91 bits per heavy atom. The van der Waals surface area contributed by atoms with E-state index in [2.05, 4.69) is 0 Å². The van der Waals surface area contributed by atoms with Gasteiger partial charge in [0.2, 0.25) is 29.0 Å². The Bertz CT molecular complexity index is 1320. The van der Waals surface area contributed by atoms with Gasteiger partial charge in [0.15, 0.2) is 0 Å². The van der Waals surface area contributed by atoms with Gasteiger partial charge in [0.25, 0.3) is 0 Å². The van der Waals surface area contributed by atoms with Crippen molar-refractivity contribution in [2.24, 2.45) is 11.8 Å². The zero-order valence-corrected chi connectivity index (χ0v) is 17.9. The number of para-hydroxylation sites is 1. The van der Waals surface area contributed by atoms with Crippen molar-refractivity contribution in [1.82, 2.24) is 0 Å². The van der Waals surface area contributed by atoms with Gasteiger partial charge in [0.1, 0.15) is 0 Å². The molecule has 7 heteroatoms. The van der Waals surface area contributed by atoms with E-state index in [1.54, 1.807) is 78.9 Å². The maximum Gasteiger partial charge on any atom is 0.241 e. The number of anilines is 1. The van der Waals surface area contributed by atoms with E-state index in [-0.39, 0.29) is 11.1 Å². The summed E-state index contributed by atoms with van der Waals surface area (Å²) in [4.78, 5) is 55.8. The molecule has 0 aromatic heterocycles. The van der Waals surface area contributed by atoms with Gasteiger partial charge in [-0.25, -0.2) is 4.90 Å². The number of benzene rings is 3. The maximum absolute atomic E-state index is 13.7. The predicted molar refractivity (Wildman–Crippen MR) is 119 cm³/mol. The number of fused-ring (bicyclic) bond motifs is 3. The number of ketones is 2. The standard InChI is InChI=1S/C26H16ClNO5/c27-15-12-10-14(11-13-15)21-19-20(25(32)28(24(19)31)16-6-2-1-3-7-16)26(33-21)22(29)17-8-4-5-9-18(17)23(26)30/h1-13,19-21H/t19-,20-,21+/m0/s1. The number of Topliss-reactive ketones (excluding diaryl/α,β-unsaturated/α-hetero) is 2. The second kappa shape index (κ2) is 6.94. The lowest BCUT2D eigenvalue weighted by Crippen LogP contribution is -2.51. The highest BCUT2D eigenvalue weighted by Crippen LogP contribution is 2.57. The number of carbonyl (C=O) groups is 4. The van der Waals surface area contributed by atoms with Gasteiger partial charge in [-0.3, -0.25) is 19.2 Å². The number of nitrogens with zero attached hydrogens (tertiary/aromatic N) is 1. The van der Waals surface area contributed by atoms with E-state index in [1.165, 1.54) is 0 Å². The molecule has 2 fully saturated rings. The van der Waals surface area contributed by atoms with Gasteiger partial charge in [0, 0.05) is 16.1 Å². The van der Waals surface area contributed by atoms with E-state index in [9.17, 15) is 19.2 Å². The summed E-state index contributed by atoms with van der Waals surface area (Å²) in [5, 5.41) is 0.489. The van der Waals surface area contributed by atoms with Crippen LogP contribution in [0.4, 0.5) is 5.69 Å². The Morgan fingerprint density at radius 2 is 1.30 bits per heavy atom. The normalized spacial score (nSPS) is 25.1. The van der Waals surface area contributed by atoms with Crippen LogP contribution in [-0.4, -0.2) is 29.0 Å². The Hall–Kier alpha value is -3.61. The number of hydrogen-bond donors (Lipinski definition) is 0. The molecule has 0 N–H and O–H groups in total. The first kappa shape index (κ1) is 20.0. The van der Waals surface area contributed by atoms with Crippen LogP contribution < -0.4 is 4.90 Å². The van der Waals surface area contributed by atoms with Crippen LogP contribution in [0, 0.1) is 11.8 Å². The third kappa shape index (κ3) is 2.53. The van der Waals surface area contributed by atoms with Gasteiger partial charge in [0.05, 0.1) is 23.6 Å². The number of imide groups is 1. The first-order valence-electron chi connectivity index (χ1n) is 10.5. The molecule has 0 saturated carbocycles. The summed E-state index contributed by atoms with van der Waals surface area (Å²) in [6, 6.07) is 21.6. The molecule has 2 saturated heterocycles. The van der Waals surface area contributed by atoms with Crippen LogP contribution in [0.15, 0.2) is 78.9 Å². The second-order valence-electron chi connectivity index (χ2n) is 8.38. The van der Waals surface area contributed by atoms with Crippen molar-refractivity contribution in [3.05, 3.63) is 101 Å². The summed E-state index contributed by atoms with van der Waals surface area (Å²) in [5.74, 6) is -4.55. The molecule has 3 atom stereocenters. The van der Waals surface area contributed by atoms with Crippen LogP contribution in [0.25, 0.3) is 0 Å². The average Bonchev–Trinajstić information content (AvgIpc) is 3.40. The van der Waals surface area contributed by atoms with E-state index in [0.717, 1.165) is 4.90 Å². The Morgan fingerprint density at radius 1 is 0.727 bits per heavy atom. The number of carbonyl (C=O) groups excluding carboxylic acids is 4. The first-order chi connectivity index (χ1) is 15.9. The minimum absolute atomic E-state index is 0.205. The minimum Gasteiger partial charge on any atom is -0.349 e. The zero-order chi connectivity index (χ0) is 22.9. The largest absolute Gasteiger partial charge is 0.349 e. The third-order valence-corrected chi connectivity index (χ3v) is 6.98. The Balaban J connectivity index is 1.55. The molecule has 162 valence electrons. The van der Waals surface area contributed by atoms with Crippen LogP contribution in [-0.2, 0) is 14.3 Å². The summed E-state index contributed by atoms with van der Waals surface area (Å²) in [6.07, 6.45) is -0.959. The summed E-state index contributed by atoms with van der Waals surface area (Å²) >= 11 is 6.03. The first-order valence-corrected chi connectivity index (χ1v) is 10.9. The molecule has 3 aliphatic rings. The third-order valence-electron chi connectivity index (χ3n) is 6.73. The summed E-state index contributed by atoms with van der Waals surface area (Å²) in [7, 11) is 0. The molecule has 2 heterocycles. The smallest absolute Gasteiger partial charge is 0.241 e. The maximum atomic E-state index is 13.7. The number of hydrogen-bond acceptors (Lipinski definition) is 5. The van der Waals surface area contributed by atoms with Gasteiger partial charge >= 0.3 is 0 Å². The fourth-order valence-electron chi connectivity index (χ4n) is 5.30. The van der Waals surface area contributed by atoms with Crippen LogP contribution in [0.5, 0.6) is 0 Å². The molecule has 2 amide bonds. The summed E-state index contributed by atoms with van der Waals surface area (Å²) < 4.78 is 6.22. The number of halogens is 1. The van der Waals surface area contributed by atoms with Crippen LogP contribution in [0.1, 0.15) is 32.4 Å². The predicted octanol–water partition coefficient (Wildman–Crippen LogP) is 4.04. The van der Waals surface area contributed by atoms with Crippen LogP contribution in [0.3, 0.4) is 0 Å². The number of amides is 2. The van der Waals surface area contributed by atoms with E-state index in [1.807, 2.05) is 0 Å². The van der Waals surface area contributed by atoms with E-state index < -0.39 is 46.9 Å². The van der Waals surface area contributed by atoms with Crippen molar-refractivity contribution in [3.63, 3.8) is 0 Å². The Labute approximate surface area is 193 Å². The van der Waals surface area contributed by atoms with Crippen molar-refractivity contribution in [3.8, 4) is 0 Å². The molecule has 1 aliphatic carbocycles. The van der Waals surface area contributed by atoms with Gasteiger partial charge in [-0.1, -0.05) is 66.2 Å². The fourth-order valence-corrected chi connectivity index (χ4v) is 5.43. The molecule has 6 nitrogen and oxygen atoms in total. The monoisotopic (exact) mass is 457 g/mol. The van der Waals surface area contributed by atoms with Crippen LogP contribution >= 0.6 is 11.6 Å². The molecular formula is C26H16ClNO5. The van der Waals surface area contributed by atoms with Crippen LogP contribution in [0.2, 0.25) is 5.02 Å². The molecule has 6 rings (SSSR count). The lowest BCUT2D eigenvalue weighted by Gasteiger charge is -2.27. The lowest BCUT2D eigenvalue weighted by atomic mass is 9.77. The highest BCUT2D eigenvalue weighted by atomic mass is 35.5. The highest BCUT2D eigenvalue weighted by molar-refractivity contribution is 6.37. The number of rotatable bonds is 2. The van der Waals surface area contributed by atoms with Gasteiger partial charge in [-0.05, 0) is 29.8 Å². The van der Waals surface area contributed by atoms with Crippen molar-refractivity contribution in [2.45, 2.75) is 11.7 Å². The molecule has 0 radical (unpaired) electrons. The van der Waals surface area contributed by atoms with Gasteiger partial charge in [-0.2, -0.15) is 0 Å². The van der Waals surface area contributed by atoms with E-state index >= 15 is 0 Å². The van der Waals surface area contributed by atoms with Crippen molar-refractivity contribution in [2.75, 3.05) is 4.90 Å². The lowest BCUT2D eigenvalue weighted by molar-refractivity contribution is -0.127. The zero-order valence-electron chi connectivity index (χ0n) is 17.1. The molecule has 0 unspecified atom stereocenters. The SMILES string of the molecule is O=C1[C@@H]2[C@@H](c3ccc(Cl)cc3)OC3(C(=O)c4ccccc4C3=O)[C@@H]2C(=O)N1c1ccccc1. The van der Waals surface area contributed by atoms with Crippen molar-refractivity contribution >= 4 is 40.7 Å². The molecule has 3 aromatic carbocycles. The molecular weight excluding hydrogens is 442 g/mol. The molecule has 2 aliphatic heterocycles. The average molecular weight is 458 g/mol. The van der Waals surface area contributed by atoms with Crippen molar-refractivity contribution in [1.29, 1.82) is 0 Å². The second-order valence-corrected chi connectivity index (χ2v) is 8.82. The number of ether oxygens (including phenoxy) is 1. The molecule has 1 spiro atoms. The highest BCUT2D eigenvalue weighted by Gasteiger charge is 2.74. The summed E-state index contributed by atoms with van der Waals surface area (Å²) in [6.45, 7) is 0. The minimum atomic E-state index is -2.07. The molecule has 33 heavy (non-hydrogen) atoms. The fraction of sp³-hybridized carbons (Fsp3) is 0.154. The van der Waals surface area contributed by atoms with Gasteiger partial charge < -0.3 is 4.74 Å². The van der Waals surface area contributed by atoms with Crippen molar-refractivity contribution < 1.29 is 23.9 Å². The molecule has 0 bridgehead atoms. The quantitative estimate of drug-likeness (QED) is 0.428. The van der Waals surface area contributed by atoms with Gasteiger partial charge in [-0.15, -0.1) is 0 Å². The Kier molecular flexibility index (Phi) is 4.21.